The maximum Gasteiger partial charge on any atom is 0.138 e. The molecule has 0 radical (unpaired) electrons. The SMILES string of the molecule is Clc1ccn2c(C3CCNCC3)cnc2c1. The van der Waals surface area contributed by atoms with Crippen LogP contribution in [0.3, 0.4) is 0 Å². The Labute approximate surface area is 99.4 Å². The van der Waals surface area contributed by atoms with Crippen molar-refractivity contribution in [2.24, 2.45) is 0 Å². The number of aromatic nitrogens is 2. The minimum Gasteiger partial charge on any atom is -0.317 e. The molecule has 1 aliphatic rings. The summed E-state index contributed by atoms with van der Waals surface area (Å²) < 4.78 is 2.15. The van der Waals surface area contributed by atoms with Crippen molar-refractivity contribution in [1.82, 2.24) is 14.7 Å². The lowest BCUT2D eigenvalue weighted by Crippen LogP contribution is -2.27. The zero-order valence-corrected chi connectivity index (χ0v) is 9.74. The van der Waals surface area contributed by atoms with Crippen molar-refractivity contribution in [2.75, 3.05) is 13.1 Å². The normalized spacial score (nSPS) is 18.1. The van der Waals surface area contributed by atoms with E-state index in [0.29, 0.717) is 5.92 Å². The van der Waals surface area contributed by atoms with Crippen LogP contribution in [-0.2, 0) is 0 Å². The largest absolute Gasteiger partial charge is 0.317 e. The van der Waals surface area contributed by atoms with E-state index in [-0.39, 0.29) is 0 Å². The topological polar surface area (TPSA) is 29.3 Å². The molecule has 0 atom stereocenters. The molecule has 0 unspecified atom stereocenters. The highest BCUT2D eigenvalue weighted by atomic mass is 35.5. The van der Waals surface area contributed by atoms with Crippen LogP contribution >= 0.6 is 11.6 Å². The fraction of sp³-hybridized carbons (Fsp3) is 0.417. The van der Waals surface area contributed by atoms with E-state index in [2.05, 4.69) is 14.7 Å². The molecule has 0 saturated carbocycles. The molecular weight excluding hydrogens is 222 g/mol. The summed E-state index contributed by atoms with van der Waals surface area (Å²) in [6.45, 7) is 2.21. The van der Waals surface area contributed by atoms with Crippen LogP contribution in [0, 0.1) is 0 Å². The van der Waals surface area contributed by atoms with Crippen molar-refractivity contribution in [2.45, 2.75) is 18.8 Å². The van der Waals surface area contributed by atoms with Gasteiger partial charge in [-0.2, -0.15) is 0 Å². The van der Waals surface area contributed by atoms with Gasteiger partial charge >= 0.3 is 0 Å². The summed E-state index contributed by atoms with van der Waals surface area (Å²) in [5.41, 5.74) is 2.26. The van der Waals surface area contributed by atoms with Gasteiger partial charge in [0, 0.05) is 29.0 Å². The highest BCUT2D eigenvalue weighted by molar-refractivity contribution is 6.30. The Morgan fingerprint density at radius 3 is 3.00 bits per heavy atom. The van der Waals surface area contributed by atoms with Gasteiger partial charge in [-0.05, 0) is 38.1 Å². The lowest BCUT2D eigenvalue weighted by Gasteiger charge is -2.22. The molecule has 16 heavy (non-hydrogen) atoms. The molecule has 0 aromatic carbocycles. The molecule has 0 bridgehead atoms. The summed E-state index contributed by atoms with van der Waals surface area (Å²) in [5.74, 6) is 0.623. The van der Waals surface area contributed by atoms with Gasteiger partial charge in [0.1, 0.15) is 5.65 Å². The van der Waals surface area contributed by atoms with Crippen LogP contribution in [0.15, 0.2) is 24.5 Å². The number of rotatable bonds is 1. The Morgan fingerprint density at radius 1 is 1.38 bits per heavy atom. The second-order valence-corrected chi connectivity index (χ2v) is 4.72. The first-order valence-electron chi connectivity index (χ1n) is 5.68. The number of imidazole rings is 1. The highest BCUT2D eigenvalue weighted by Crippen LogP contribution is 2.26. The van der Waals surface area contributed by atoms with Crippen LogP contribution in [0.2, 0.25) is 5.02 Å². The molecule has 1 N–H and O–H groups in total. The van der Waals surface area contributed by atoms with E-state index in [0.717, 1.165) is 23.8 Å². The molecule has 4 heteroatoms. The fourth-order valence-corrected chi connectivity index (χ4v) is 2.55. The first-order chi connectivity index (χ1) is 7.84. The predicted octanol–water partition coefficient (Wildman–Crippen LogP) is 2.45. The number of nitrogens with zero attached hydrogens (tertiary/aromatic N) is 2. The first-order valence-corrected chi connectivity index (χ1v) is 6.05. The Balaban J connectivity index is 2.03. The summed E-state index contributed by atoms with van der Waals surface area (Å²) in [6.07, 6.45) is 6.39. The van der Waals surface area contributed by atoms with Crippen LogP contribution < -0.4 is 5.32 Å². The van der Waals surface area contributed by atoms with E-state index < -0.39 is 0 Å². The molecule has 2 aromatic rings. The van der Waals surface area contributed by atoms with Crippen LogP contribution in [-0.4, -0.2) is 22.5 Å². The lowest BCUT2D eigenvalue weighted by atomic mass is 9.95. The van der Waals surface area contributed by atoms with Gasteiger partial charge in [0.2, 0.25) is 0 Å². The quantitative estimate of drug-likeness (QED) is 0.823. The van der Waals surface area contributed by atoms with E-state index in [1.165, 1.54) is 18.5 Å². The molecule has 1 fully saturated rings. The Bertz CT molecular complexity index is 500. The van der Waals surface area contributed by atoms with Crippen LogP contribution in [0.5, 0.6) is 0 Å². The third-order valence-corrected chi connectivity index (χ3v) is 3.50. The molecule has 2 aromatic heterocycles. The third kappa shape index (κ3) is 1.70. The fourth-order valence-electron chi connectivity index (χ4n) is 2.40. The number of pyridine rings is 1. The Kier molecular flexibility index (Phi) is 2.58. The minimum atomic E-state index is 0.623. The first kappa shape index (κ1) is 10.1. The average molecular weight is 236 g/mol. The van der Waals surface area contributed by atoms with Crippen molar-refractivity contribution >= 4 is 17.2 Å². The van der Waals surface area contributed by atoms with Crippen LogP contribution in [0.1, 0.15) is 24.5 Å². The van der Waals surface area contributed by atoms with Gasteiger partial charge in [-0.1, -0.05) is 11.6 Å². The van der Waals surface area contributed by atoms with E-state index in [4.69, 9.17) is 11.6 Å². The van der Waals surface area contributed by atoms with E-state index in [9.17, 15) is 0 Å². The van der Waals surface area contributed by atoms with Crippen molar-refractivity contribution < 1.29 is 0 Å². The molecule has 0 amide bonds. The summed E-state index contributed by atoms with van der Waals surface area (Å²) in [7, 11) is 0. The number of piperidine rings is 1. The Hall–Kier alpha value is -1.06. The van der Waals surface area contributed by atoms with Crippen molar-refractivity contribution in [1.29, 1.82) is 0 Å². The van der Waals surface area contributed by atoms with Crippen molar-refractivity contribution in [3.8, 4) is 0 Å². The molecule has 3 nitrogen and oxygen atoms in total. The van der Waals surface area contributed by atoms with Gasteiger partial charge in [-0.3, -0.25) is 0 Å². The zero-order valence-electron chi connectivity index (χ0n) is 8.99. The van der Waals surface area contributed by atoms with E-state index in [1.807, 2.05) is 24.5 Å². The third-order valence-electron chi connectivity index (χ3n) is 3.26. The second kappa shape index (κ2) is 4.07. The molecule has 1 aliphatic heterocycles. The van der Waals surface area contributed by atoms with Gasteiger partial charge < -0.3 is 9.72 Å². The number of hydrogen-bond donors (Lipinski definition) is 1. The zero-order chi connectivity index (χ0) is 11.0. The number of fused-ring (bicyclic) bond motifs is 1. The monoisotopic (exact) mass is 235 g/mol. The van der Waals surface area contributed by atoms with Crippen molar-refractivity contribution in [3.63, 3.8) is 0 Å². The molecular formula is C12H14ClN3. The minimum absolute atomic E-state index is 0.623. The molecule has 1 saturated heterocycles. The smallest absolute Gasteiger partial charge is 0.138 e. The molecule has 3 heterocycles. The van der Waals surface area contributed by atoms with E-state index in [1.54, 1.807) is 0 Å². The summed E-state index contributed by atoms with van der Waals surface area (Å²) in [4.78, 5) is 4.41. The maximum atomic E-state index is 5.95. The van der Waals surface area contributed by atoms with E-state index >= 15 is 0 Å². The van der Waals surface area contributed by atoms with Crippen LogP contribution in [0.25, 0.3) is 5.65 Å². The van der Waals surface area contributed by atoms with Crippen molar-refractivity contribution in [3.05, 3.63) is 35.2 Å². The average Bonchev–Trinajstić information content (AvgIpc) is 2.73. The Morgan fingerprint density at radius 2 is 2.19 bits per heavy atom. The maximum absolute atomic E-state index is 5.95. The summed E-state index contributed by atoms with van der Waals surface area (Å²) in [5, 5.41) is 4.13. The standard InChI is InChI=1S/C12H14ClN3/c13-10-3-6-16-11(8-15-12(16)7-10)9-1-4-14-5-2-9/h3,6-9,14H,1-2,4-5H2. The summed E-state index contributed by atoms with van der Waals surface area (Å²) >= 11 is 5.95. The number of nitrogens with one attached hydrogen (secondary N) is 1. The van der Waals surface area contributed by atoms with Gasteiger partial charge in [0.25, 0.3) is 0 Å². The van der Waals surface area contributed by atoms with Gasteiger partial charge in [-0.15, -0.1) is 0 Å². The van der Waals surface area contributed by atoms with Gasteiger partial charge in [0.15, 0.2) is 0 Å². The molecule has 0 aliphatic carbocycles. The molecule has 84 valence electrons. The molecule has 0 spiro atoms. The lowest BCUT2D eigenvalue weighted by molar-refractivity contribution is 0.451. The molecule has 3 rings (SSSR count). The second-order valence-electron chi connectivity index (χ2n) is 4.28. The predicted molar refractivity (Wildman–Crippen MR) is 65.0 cm³/mol. The number of halogens is 1. The van der Waals surface area contributed by atoms with Crippen LogP contribution in [0.4, 0.5) is 0 Å². The summed E-state index contributed by atoms with van der Waals surface area (Å²) in [6, 6.07) is 3.83. The van der Waals surface area contributed by atoms with Gasteiger partial charge in [-0.25, -0.2) is 4.98 Å². The number of hydrogen-bond acceptors (Lipinski definition) is 2. The van der Waals surface area contributed by atoms with Gasteiger partial charge in [0.05, 0.1) is 0 Å². The highest BCUT2D eigenvalue weighted by Gasteiger charge is 2.18.